The lowest BCUT2D eigenvalue weighted by molar-refractivity contribution is -0.122. The molecule has 4 aliphatic rings. The number of nitrogens with one attached hydrogen (secondary N) is 2. The molecule has 0 amide bonds. The number of carbonyl (C=O) groups excluding carboxylic acids is 4. The van der Waals surface area contributed by atoms with Crippen LogP contribution >= 0.6 is 0 Å². The summed E-state index contributed by atoms with van der Waals surface area (Å²) in [6.07, 6.45) is 21.4. The zero-order chi connectivity index (χ0) is 36.6. The van der Waals surface area contributed by atoms with Gasteiger partial charge in [0.2, 0.25) is 0 Å². The molecule has 0 bridgehead atoms. The minimum Gasteiger partial charge on any atom is -0.314 e. The minimum atomic E-state index is 0.354. The van der Waals surface area contributed by atoms with Crippen LogP contribution in [-0.2, 0) is 19.2 Å². The Morgan fingerprint density at radius 3 is 1.29 bits per heavy atom. The molecule has 1 saturated heterocycles. The zero-order valence-corrected chi connectivity index (χ0v) is 33.4. The maximum absolute atomic E-state index is 11.1. The van der Waals surface area contributed by atoms with Gasteiger partial charge in [-0.1, -0.05) is 47.0 Å². The van der Waals surface area contributed by atoms with Crippen molar-refractivity contribution >= 4 is 23.1 Å². The van der Waals surface area contributed by atoms with E-state index >= 15 is 0 Å². The van der Waals surface area contributed by atoms with Crippen molar-refractivity contribution in [1.29, 1.82) is 0 Å². The number of piperidine rings is 1. The Bertz CT molecular complexity index is 892. The van der Waals surface area contributed by atoms with E-state index in [1.807, 2.05) is 0 Å². The molecule has 0 aromatic carbocycles. The van der Waals surface area contributed by atoms with Gasteiger partial charge in [0.25, 0.3) is 0 Å². The Morgan fingerprint density at radius 1 is 0.531 bits per heavy atom. The molecule has 1 heterocycles. The van der Waals surface area contributed by atoms with Crippen molar-refractivity contribution in [3.63, 3.8) is 0 Å². The summed E-state index contributed by atoms with van der Waals surface area (Å²) in [4.78, 5) is 46.4. The standard InChI is InChI=1S/C12H22O.C11H21NO.C10H19NO.C9H17NO/c1-3-4-5-11-6-8-12(9-7-11)10(2)13;1-3-12-11-6-4-10(5-7-11)8-9(2)13;1-3-11-10-6-4-9(5-7-10)8(2)12;1-3-10-6-4-9(5-7-10)8(2)11/h11-12H,3-9H2,1-2H3;10-12H,3-8H2,1-2H3;9-11H,3-7H2,1-2H3;9H,3-7H2,1-2H3. The first-order chi connectivity index (χ1) is 23.4. The Kier molecular flexibility index (Phi) is 25.3. The molecule has 3 aliphatic carbocycles. The van der Waals surface area contributed by atoms with Gasteiger partial charge in [-0.2, -0.15) is 0 Å². The van der Waals surface area contributed by atoms with E-state index in [0.29, 0.717) is 58.9 Å². The molecule has 3 saturated carbocycles. The van der Waals surface area contributed by atoms with Gasteiger partial charge in [0.15, 0.2) is 0 Å². The van der Waals surface area contributed by atoms with Crippen LogP contribution in [0.25, 0.3) is 0 Å². The van der Waals surface area contributed by atoms with E-state index in [1.165, 1.54) is 70.6 Å². The lowest BCUT2D eigenvalue weighted by Gasteiger charge is -2.29. The first kappa shape index (κ1) is 45.6. The highest BCUT2D eigenvalue weighted by molar-refractivity contribution is 5.79. The van der Waals surface area contributed by atoms with Crippen molar-refractivity contribution in [3.8, 4) is 0 Å². The van der Waals surface area contributed by atoms with Gasteiger partial charge in [0, 0.05) is 36.3 Å². The fourth-order valence-corrected chi connectivity index (χ4v) is 8.26. The van der Waals surface area contributed by atoms with Gasteiger partial charge in [-0.3, -0.25) is 14.4 Å². The molecule has 286 valence electrons. The minimum absolute atomic E-state index is 0.354. The summed E-state index contributed by atoms with van der Waals surface area (Å²) in [6.45, 7) is 21.1. The fourth-order valence-electron chi connectivity index (χ4n) is 8.26. The number of ketones is 4. The number of hydrogen-bond donors (Lipinski definition) is 2. The average molecular weight is 690 g/mol. The van der Waals surface area contributed by atoms with Crippen LogP contribution in [0, 0.1) is 29.6 Å². The molecular formula is C42H79N3O4. The lowest BCUT2D eigenvalue weighted by Crippen LogP contribution is -2.35. The Morgan fingerprint density at radius 2 is 0.918 bits per heavy atom. The predicted molar refractivity (Wildman–Crippen MR) is 206 cm³/mol. The second kappa shape index (κ2) is 27.2. The van der Waals surface area contributed by atoms with Crippen LogP contribution in [0.1, 0.15) is 171 Å². The smallest absolute Gasteiger partial charge is 0.133 e. The average Bonchev–Trinajstić information content (AvgIpc) is 3.09. The van der Waals surface area contributed by atoms with Crippen molar-refractivity contribution in [2.75, 3.05) is 32.7 Å². The molecule has 0 radical (unpaired) electrons. The highest BCUT2D eigenvalue weighted by atomic mass is 16.1. The third-order valence-electron chi connectivity index (χ3n) is 11.7. The molecule has 4 fully saturated rings. The number of unbranched alkanes of at least 4 members (excludes halogenated alkanes) is 1. The monoisotopic (exact) mass is 690 g/mol. The van der Waals surface area contributed by atoms with Crippen LogP contribution < -0.4 is 10.6 Å². The van der Waals surface area contributed by atoms with Crippen molar-refractivity contribution in [2.45, 2.75) is 183 Å². The molecule has 7 nitrogen and oxygen atoms in total. The van der Waals surface area contributed by atoms with Gasteiger partial charge in [0.1, 0.15) is 23.1 Å². The second-order valence-electron chi connectivity index (χ2n) is 15.7. The maximum atomic E-state index is 11.1. The molecule has 0 aromatic heterocycles. The van der Waals surface area contributed by atoms with Crippen LogP contribution in [-0.4, -0.2) is 72.8 Å². The summed E-state index contributed by atoms with van der Waals surface area (Å²) in [5, 5.41) is 6.91. The molecule has 0 atom stereocenters. The van der Waals surface area contributed by atoms with E-state index in [-0.39, 0.29) is 0 Å². The molecule has 1 aliphatic heterocycles. The van der Waals surface area contributed by atoms with E-state index in [4.69, 9.17) is 0 Å². The van der Waals surface area contributed by atoms with E-state index in [0.717, 1.165) is 83.6 Å². The number of carbonyl (C=O) groups is 4. The molecule has 4 rings (SSSR count). The number of nitrogens with zero attached hydrogens (tertiary/aromatic N) is 1. The quantitative estimate of drug-likeness (QED) is 0.200. The number of hydrogen-bond acceptors (Lipinski definition) is 7. The summed E-state index contributed by atoms with van der Waals surface area (Å²) in [6, 6.07) is 1.39. The van der Waals surface area contributed by atoms with E-state index in [2.05, 4.69) is 43.2 Å². The van der Waals surface area contributed by atoms with Gasteiger partial charge in [0.05, 0.1) is 0 Å². The Balaban J connectivity index is 0.000000327. The zero-order valence-electron chi connectivity index (χ0n) is 33.4. The van der Waals surface area contributed by atoms with Crippen LogP contribution in [0.5, 0.6) is 0 Å². The van der Waals surface area contributed by atoms with Gasteiger partial charge in [-0.25, -0.2) is 0 Å². The van der Waals surface area contributed by atoms with Crippen LogP contribution in [0.2, 0.25) is 0 Å². The molecule has 2 N–H and O–H groups in total. The summed E-state index contributed by atoms with van der Waals surface area (Å²) in [5.41, 5.74) is 0. The first-order valence-electron chi connectivity index (χ1n) is 20.6. The van der Waals surface area contributed by atoms with E-state index < -0.39 is 0 Å². The van der Waals surface area contributed by atoms with Crippen molar-refractivity contribution in [1.82, 2.24) is 15.5 Å². The predicted octanol–water partition coefficient (Wildman–Crippen LogP) is 8.76. The van der Waals surface area contributed by atoms with Crippen LogP contribution in [0.15, 0.2) is 0 Å². The van der Waals surface area contributed by atoms with E-state index in [9.17, 15) is 19.2 Å². The summed E-state index contributed by atoms with van der Waals surface area (Å²) in [7, 11) is 0. The summed E-state index contributed by atoms with van der Waals surface area (Å²) in [5.74, 6) is 4.24. The lowest BCUT2D eigenvalue weighted by atomic mass is 9.78. The van der Waals surface area contributed by atoms with Crippen LogP contribution in [0.4, 0.5) is 0 Å². The maximum Gasteiger partial charge on any atom is 0.133 e. The van der Waals surface area contributed by atoms with Crippen molar-refractivity contribution < 1.29 is 19.2 Å². The van der Waals surface area contributed by atoms with E-state index in [1.54, 1.807) is 27.7 Å². The Labute approximate surface area is 302 Å². The SMILES string of the molecule is CCCCC1CCC(C(C)=O)CC1.CCN1CCC(C(C)=O)CC1.CCNC1CCC(C(C)=O)CC1.CCNC1CCC(CC(C)=O)CC1. The third kappa shape index (κ3) is 20.9. The number of rotatable bonds is 13. The largest absolute Gasteiger partial charge is 0.314 e. The van der Waals surface area contributed by atoms with Crippen molar-refractivity contribution in [2.24, 2.45) is 29.6 Å². The van der Waals surface area contributed by atoms with Gasteiger partial charge in [-0.15, -0.1) is 0 Å². The topological polar surface area (TPSA) is 95.6 Å². The summed E-state index contributed by atoms with van der Waals surface area (Å²) < 4.78 is 0. The molecule has 0 spiro atoms. The van der Waals surface area contributed by atoms with Gasteiger partial charge in [-0.05, 0) is 162 Å². The molecule has 0 unspecified atom stereocenters. The number of likely N-dealkylation sites (tertiary alicyclic amines) is 1. The third-order valence-corrected chi connectivity index (χ3v) is 11.7. The summed E-state index contributed by atoms with van der Waals surface area (Å²) >= 11 is 0. The highest BCUT2D eigenvalue weighted by Crippen LogP contribution is 2.32. The number of Topliss-reactive ketones (excluding diaryl/α,β-unsaturated/α-hetero) is 4. The highest BCUT2D eigenvalue weighted by Gasteiger charge is 2.25. The molecular weight excluding hydrogens is 610 g/mol. The first-order valence-corrected chi connectivity index (χ1v) is 20.6. The molecule has 7 heteroatoms. The van der Waals surface area contributed by atoms with Crippen molar-refractivity contribution in [3.05, 3.63) is 0 Å². The molecule has 49 heavy (non-hydrogen) atoms. The van der Waals surface area contributed by atoms with Gasteiger partial charge < -0.3 is 20.3 Å². The normalized spacial score (nSPS) is 27.6. The second-order valence-corrected chi connectivity index (χ2v) is 15.7. The van der Waals surface area contributed by atoms with Gasteiger partial charge >= 0.3 is 0 Å². The van der Waals surface area contributed by atoms with Crippen LogP contribution in [0.3, 0.4) is 0 Å². The molecule has 0 aromatic rings. The fraction of sp³-hybridized carbons (Fsp3) is 0.905. The Hall–Kier alpha value is -1.44.